The third-order valence-electron chi connectivity index (χ3n) is 11.0. The van der Waals surface area contributed by atoms with E-state index in [4.69, 9.17) is 4.74 Å². The molecular weight excluding hydrogens is 683 g/mol. The van der Waals surface area contributed by atoms with Gasteiger partial charge in [-0.15, -0.1) is 0 Å². The van der Waals surface area contributed by atoms with Crippen molar-refractivity contribution < 1.29 is 24.5 Å². The first-order valence-electron chi connectivity index (χ1n) is 24.1. The van der Waals surface area contributed by atoms with Crippen molar-refractivity contribution >= 4 is 11.9 Å². The highest BCUT2D eigenvalue weighted by Crippen LogP contribution is 2.16. The number of nitrogens with one attached hydrogen (secondary N) is 1. The van der Waals surface area contributed by atoms with Gasteiger partial charge in [0.2, 0.25) is 5.91 Å². The van der Waals surface area contributed by atoms with Crippen LogP contribution in [0.3, 0.4) is 0 Å². The van der Waals surface area contributed by atoms with Crippen LogP contribution in [0, 0.1) is 0 Å². The molecule has 0 aromatic carbocycles. The fourth-order valence-electron chi connectivity index (χ4n) is 7.26. The molecule has 0 aliphatic carbocycles. The predicted octanol–water partition coefficient (Wildman–Crippen LogP) is 14.0. The third kappa shape index (κ3) is 41.8. The minimum atomic E-state index is -0.670. The van der Waals surface area contributed by atoms with Gasteiger partial charge in [-0.25, -0.2) is 0 Å². The van der Waals surface area contributed by atoms with E-state index >= 15 is 0 Å². The summed E-state index contributed by atoms with van der Waals surface area (Å²) in [4.78, 5) is 24.4. The van der Waals surface area contributed by atoms with Crippen molar-refractivity contribution in [2.45, 2.75) is 264 Å². The van der Waals surface area contributed by atoms with Crippen molar-refractivity contribution in [1.82, 2.24) is 5.32 Å². The second kappa shape index (κ2) is 45.0. The molecule has 6 nitrogen and oxygen atoms in total. The van der Waals surface area contributed by atoms with E-state index in [9.17, 15) is 19.8 Å². The number of unbranched alkanes of at least 4 members (excludes halogenated alkanes) is 29. The first-order chi connectivity index (χ1) is 27.0. The van der Waals surface area contributed by atoms with Gasteiger partial charge < -0.3 is 20.3 Å². The smallest absolute Gasteiger partial charge is 0.305 e. The number of carbonyl (C=O) groups excluding carboxylic acids is 2. The zero-order valence-corrected chi connectivity index (χ0v) is 36.7. The van der Waals surface area contributed by atoms with Gasteiger partial charge in [-0.1, -0.05) is 212 Å². The maximum Gasteiger partial charge on any atom is 0.305 e. The molecule has 0 aliphatic rings. The summed E-state index contributed by atoms with van der Waals surface area (Å²) in [7, 11) is 0. The average Bonchev–Trinajstić information content (AvgIpc) is 3.18. The number of aliphatic hydroxyl groups excluding tert-OH is 2. The summed E-state index contributed by atoms with van der Waals surface area (Å²) in [6, 6.07) is -0.548. The molecule has 0 aromatic rings. The van der Waals surface area contributed by atoms with Crippen LogP contribution < -0.4 is 5.32 Å². The lowest BCUT2D eigenvalue weighted by atomic mass is 10.0. The minimum absolute atomic E-state index is 0.0181. The van der Waals surface area contributed by atoms with E-state index in [1.54, 1.807) is 0 Å². The van der Waals surface area contributed by atoms with Crippen LogP contribution in [0.1, 0.15) is 251 Å². The van der Waals surface area contributed by atoms with Crippen LogP contribution in [0.5, 0.6) is 0 Å². The van der Waals surface area contributed by atoms with E-state index in [-0.39, 0.29) is 18.5 Å². The Morgan fingerprint density at radius 1 is 0.509 bits per heavy atom. The van der Waals surface area contributed by atoms with Gasteiger partial charge in [-0.2, -0.15) is 0 Å². The van der Waals surface area contributed by atoms with Gasteiger partial charge in [0, 0.05) is 12.8 Å². The number of amides is 1. The summed E-state index contributed by atoms with van der Waals surface area (Å²) >= 11 is 0. The van der Waals surface area contributed by atoms with Gasteiger partial charge >= 0.3 is 5.97 Å². The van der Waals surface area contributed by atoms with Crippen molar-refractivity contribution in [1.29, 1.82) is 0 Å². The number of hydrogen-bond acceptors (Lipinski definition) is 5. The van der Waals surface area contributed by atoms with E-state index in [2.05, 4.69) is 43.5 Å². The first kappa shape index (κ1) is 53.3. The Balaban J connectivity index is 3.45. The third-order valence-corrected chi connectivity index (χ3v) is 11.0. The molecule has 0 saturated carbocycles. The van der Waals surface area contributed by atoms with E-state index in [1.165, 1.54) is 161 Å². The molecule has 2 atom stereocenters. The van der Waals surface area contributed by atoms with Crippen molar-refractivity contribution in [3.05, 3.63) is 24.3 Å². The molecule has 0 spiro atoms. The topological polar surface area (TPSA) is 95.9 Å². The minimum Gasteiger partial charge on any atom is -0.466 e. The largest absolute Gasteiger partial charge is 0.466 e. The number of ether oxygens (including phenoxy) is 1. The molecule has 0 bridgehead atoms. The first-order valence-corrected chi connectivity index (χ1v) is 24.1. The lowest BCUT2D eigenvalue weighted by Gasteiger charge is -2.22. The Kier molecular flexibility index (Phi) is 43.7. The molecule has 1 amide bonds. The van der Waals surface area contributed by atoms with E-state index < -0.39 is 12.1 Å². The summed E-state index contributed by atoms with van der Waals surface area (Å²) in [5, 5.41) is 23.1. The number of carbonyl (C=O) groups is 2. The molecule has 0 aromatic heterocycles. The van der Waals surface area contributed by atoms with Crippen LogP contribution in [0.15, 0.2) is 24.3 Å². The highest BCUT2D eigenvalue weighted by Gasteiger charge is 2.20. The van der Waals surface area contributed by atoms with Gasteiger partial charge in [0.15, 0.2) is 0 Å². The molecule has 0 fully saturated rings. The zero-order valence-electron chi connectivity index (χ0n) is 36.7. The van der Waals surface area contributed by atoms with Gasteiger partial charge in [0.05, 0.1) is 25.4 Å². The molecule has 0 saturated heterocycles. The van der Waals surface area contributed by atoms with Gasteiger partial charge in [0.25, 0.3) is 0 Å². The standard InChI is InChI=1S/C49H93NO5/c1-3-5-7-9-11-13-15-18-23-27-31-35-39-43-49(54)55-44-40-36-32-28-24-20-17-16-19-22-26-30-34-38-42-48(53)50-46(45-51)47(52)41-37-33-29-25-21-14-12-10-8-6-4-2/h7,9,13,15,46-47,51-52H,3-6,8,10-12,14,16-45H2,1-2H3,(H,50,53)/b9-7-,15-13-. The lowest BCUT2D eigenvalue weighted by molar-refractivity contribution is -0.143. The van der Waals surface area contributed by atoms with Crippen LogP contribution in [-0.2, 0) is 14.3 Å². The summed E-state index contributed by atoms with van der Waals surface area (Å²) < 4.78 is 5.44. The Bertz CT molecular complexity index is 858. The van der Waals surface area contributed by atoms with Gasteiger partial charge in [-0.3, -0.25) is 9.59 Å². The predicted molar refractivity (Wildman–Crippen MR) is 236 cm³/mol. The maximum atomic E-state index is 12.4. The van der Waals surface area contributed by atoms with E-state index in [0.717, 1.165) is 57.8 Å². The Hall–Kier alpha value is -1.66. The molecule has 3 N–H and O–H groups in total. The van der Waals surface area contributed by atoms with E-state index in [0.29, 0.717) is 25.9 Å². The molecule has 0 rings (SSSR count). The fraction of sp³-hybridized carbons (Fsp3) is 0.878. The number of aliphatic hydroxyl groups is 2. The maximum absolute atomic E-state index is 12.4. The SMILES string of the molecule is CCC/C=C\C/C=C\CCCCCCCC(=O)OCCCCCCCCCCCCCCCCC(=O)NC(CO)C(O)CCCCCCCCCCCCC. The summed E-state index contributed by atoms with van der Waals surface area (Å²) in [5.41, 5.74) is 0. The second-order valence-corrected chi connectivity index (χ2v) is 16.4. The lowest BCUT2D eigenvalue weighted by Crippen LogP contribution is -2.45. The van der Waals surface area contributed by atoms with Crippen LogP contribution >= 0.6 is 0 Å². The molecule has 324 valence electrons. The molecule has 2 unspecified atom stereocenters. The van der Waals surface area contributed by atoms with Gasteiger partial charge in [-0.05, 0) is 51.4 Å². The Morgan fingerprint density at radius 3 is 1.45 bits per heavy atom. The monoisotopic (exact) mass is 776 g/mol. The molecule has 0 heterocycles. The van der Waals surface area contributed by atoms with Crippen molar-refractivity contribution in [3.8, 4) is 0 Å². The molecule has 0 radical (unpaired) electrons. The quantitative estimate of drug-likeness (QED) is 0.0325. The number of esters is 1. The van der Waals surface area contributed by atoms with Crippen LogP contribution in [0.25, 0.3) is 0 Å². The number of hydrogen-bond donors (Lipinski definition) is 3. The normalized spacial score (nSPS) is 12.9. The van der Waals surface area contributed by atoms with Gasteiger partial charge in [0.1, 0.15) is 0 Å². The second-order valence-electron chi connectivity index (χ2n) is 16.4. The number of rotatable bonds is 44. The Morgan fingerprint density at radius 2 is 0.945 bits per heavy atom. The van der Waals surface area contributed by atoms with Crippen molar-refractivity contribution in [3.63, 3.8) is 0 Å². The van der Waals surface area contributed by atoms with E-state index in [1.807, 2.05) is 0 Å². The molecular formula is C49H93NO5. The molecule has 6 heteroatoms. The Labute approximate surface area is 341 Å². The van der Waals surface area contributed by atoms with Crippen LogP contribution in [0.2, 0.25) is 0 Å². The summed E-state index contributed by atoms with van der Waals surface area (Å²) in [6.07, 6.45) is 51.3. The van der Waals surface area contributed by atoms with Crippen molar-refractivity contribution in [2.75, 3.05) is 13.2 Å². The highest BCUT2D eigenvalue weighted by molar-refractivity contribution is 5.76. The van der Waals surface area contributed by atoms with Crippen LogP contribution in [-0.4, -0.2) is 47.4 Å². The summed E-state index contributed by atoms with van der Waals surface area (Å²) in [5.74, 6) is -0.0659. The molecule has 55 heavy (non-hydrogen) atoms. The molecule has 0 aliphatic heterocycles. The zero-order chi connectivity index (χ0) is 40.1. The highest BCUT2D eigenvalue weighted by atomic mass is 16.5. The van der Waals surface area contributed by atoms with Crippen molar-refractivity contribution in [2.24, 2.45) is 0 Å². The average molecular weight is 776 g/mol. The van der Waals surface area contributed by atoms with Crippen LogP contribution in [0.4, 0.5) is 0 Å². The summed E-state index contributed by atoms with van der Waals surface area (Å²) in [6.45, 7) is 4.84. The number of allylic oxidation sites excluding steroid dienone is 4. The fourth-order valence-corrected chi connectivity index (χ4v) is 7.26.